The van der Waals surface area contributed by atoms with Gasteiger partial charge in [-0.1, -0.05) is 33.7 Å². The second-order valence-corrected chi connectivity index (χ2v) is 4.61. The molecule has 1 aromatic rings. The Morgan fingerprint density at radius 3 is 1.56 bits per heavy atom. The van der Waals surface area contributed by atoms with E-state index in [9.17, 15) is 0 Å². The molecule has 52 valence electrons. The first-order valence-corrected chi connectivity index (χ1v) is 6.36. The van der Waals surface area contributed by atoms with Crippen LogP contribution in [-0.4, -0.2) is 12.5 Å². The average molecular weight is 178 g/mol. The molecule has 0 aliphatic carbocycles. The van der Waals surface area contributed by atoms with E-state index in [2.05, 4.69) is 12.5 Å². The minimum absolute atomic E-state index is 1.71. The first-order valence-electron chi connectivity index (χ1n) is 2.45. The maximum atomic E-state index is 2.06. The summed E-state index contributed by atoms with van der Waals surface area (Å²) in [6, 6.07) is 4.04. The molecule has 0 unspecified atom stereocenters. The molecule has 0 fully saturated rings. The highest BCUT2D eigenvalue weighted by Gasteiger charge is 1.58. The van der Waals surface area contributed by atoms with Gasteiger partial charge in [-0.3, -0.25) is 0 Å². The van der Waals surface area contributed by atoms with Gasteiger partial charge in [-0.15, -0.1) is 0 Å². The van der Waals surface area contributed by atoms with Gasteiger partial charge in [0.05, 0.1) is 0 Å². The summed E-state index contributed by atoms with van der Waals surface area (Å²) < 4.78 is 0. The van der Waals surface area contributed by atoms with E-state index in [0.29, 0.717) is 0 Å². The minimum atomic E-state index is 1.71. The fourth-order valence-corrected chi connectivity index (χ4v) is 0.680. The topological polar surface area (TPSA) is 0 Å². The Balaban J connectivity index is 0.000000148. The zero-order valence-corrected chi connectivity index (χ0v) is 7.98. The van der Waals surface area contributed by atoms with E-state index >= 15 is 0 Å². The smallest absolute Gasteiger partial charge is 0.00793 e. The Morgan fingerprint density at radius 2 is 1.44 bits per heavy atom. The van der Waals surface area contributed by atoms with Gasteiger partial charge in [0.25, 0.3) is 0 Å². The molecule has 0 N–H and O–H groups in total. The highest BCUT2D eigenvalue weighted by Crippen LogP contribution is 2.09. The third-order valence-corrected chi connectivity index (χ3v) is 2.55. The van der Waals surface area contributed by atoms with Crippen LogP contribution in [0.2, 0.25) is 0 Å². The molecule has 1 heterocycles. The van der Waals surface area contributed by atoms with Gasteiger partial charge in [0.2, 0.25) is 0 Å². The van der Waals surface area contributed by atoms with Crippen LogP contribution in [0.15, 0.2) is 22.9 Å². The molecule has 0 aromatic carbocycles. The summed E-state index contributed by atoms with van der Waals surface area (Å²) in [5.74, 6) is 0. The minimum Gasteiger partial charge on any atom is -0.152 e. The maximum absolute atomic E-state index is 2.06. The third kappa shape index (κ3) is 8.40. The first kappa shape index (κ1) is 9.40. The molecule has 0 bridgehead atoms. The van der Waals surface area contributed by atoms with Crippen LogP contribution < -0.4 is 0 Å². The van der Waals surface area contributed by atoms with E-state index in [0.717, 1.165) is 0 Å². The normalized spacial score (nSPS) is 7.78. The second-order valence-electron chi connectivity index (χ2n) is 1.13. The highest BCUT2D eigenvalue weighted by molar-refractivity contribution is 8.76. The summed E-state index contributed by atoms with van der Waals surface area (Å²) in [5.41, 5.74) is 0. The molecule has 0 nitrogen and oxygen atoms in total. The monoisotopic (exact) mass is 178 g/mol. The van der Waals surface area contributed by atoms with Crippen molar-refractivity contribution < 1.29 is 0 Å². The zero-order chi connectivity index (χ0) is 6.95. The molecule has 0 spiro atoms. The summed E-state index contributed by atoms with van der Waals surface area (Å²) in [6.07, 6.45) is 4.12. The molecule has 1 rings (SSSR count). The van der Waals surface area contributed by atoms with Crippen molar-refractivity contribution in [3.63, 3.8) is 0 Å². The molecular weight excluding hydrogens is 168 g/mol. The van der Waals surface area contributed by atoms with Crippen molar-refractivity contribution in [3.05, 3.63) is 22.9 Å². The lowest BCUT2D eigenvalue weighted by molar-refractivity contribution is 2.03. The largest absolute Gasteiger partial charge is 0.152 e. The van der Waals surface area contributed by atoms with Crippen LogP contribution in [0.4, 0.5) is 0 Å². The molecule has 0 saturated heterocycles. The molecule has 0 saturated carbocycles. The van der Waals surface area contributed by atoms with Gasteiger partial charge in [0, 0.05) is 0 Å². The van der Waals surface area contributed by atoms with Crippen LogP contribution in [0, 0.1) is 0 Å². The van der Waals surface area contributed by atoms with Crippen LogP contribution in [0.3, 0.4) is 0 Å². The molecular formula is C6H10S3. The van der Waals surface area contributed by atoms with E-state index in [1.54, 1.807) is 32.9 Å². The Kier molecular flexibility index (Phi) is 8.77. The first-order chi connectivity index (χ1) is 4.41. The second kappa shape index (κ2) is 8.40. The van der Waals surface area contributed by atoms with Crippen LogP contribution >= 0.6 is 32.9 Å². The summed E-state index contributed by atoms with van der Waals surface area (Å²) in [7, 11) is 3.55. The number of rotatable bonds is 1. The van der Waals surface area contributed by atoms with Crippen molar-refractivity contribution >= 4 is 32.9 Å². The van der Waals surface area contributed by atoms with E-state index in [1.165, 1.54) is 0 Å². The summed E-state index contributed by atoms with van der Waals surface area (Å²) in [4.78, 5) is 0. The number of thiophene rings is 1. The van der Waals surface area contributed by atoms with Crippen molar-refractivity contribution in [1.82, 2.24) is 0 Å². The predicted octanol–water partition coefficient (Wildman–Crippen LogP) is 3.38. The number of hydrogen-bond acceptors (Lipinski definition) is 3. The molecule has 9 heavy (non-hydrogen) atoms. The van der Waals surface area contributed by atoms with Gasteiger partial charge < -0.3 is 0 Å². The van der Waals surface area contributed by atoms with Crippen molar-refractivity contribution in [2.75, 3.05) is 12.5 Å². The van der Waals surface area contributed by atoms with Gasteiger partial charge in [0.1, 0.15) is 0 Å². The highest BCUT2D eigenvalue weighted by atomic mass is 33.1. The van der Waals surface area contributed by atoms with Crippen LogP contribution in [0.25, 0.3) is 0 Å². The average Bonchev–Trinajstić information content (AvgIpc) is 2.43. The summed E-state index contributed by atoms with van der Waals surface area (Å²) in [5, 5.41) is 4.08. The Labute approximate surface area is 68.5 Å². The molecule has 0 radical (unpaired) electrons. The maximum Gasteiger partial charge on any atom is -0.00793 e. The molecule has 0 aliphatic rings. The Hall–Kier alpha value is 0.400. The lowest BCUT2D eigenvalue weighted by Crippen LogP contribution is -1.28. The van der Waals surface area contributed by atoms with Gasteiger partial charge in [-0.25, -0.2) is 0 Å². The summed E-state index contributed by atoms with van der Waals surface area (Å²) in [6.45, 7) is 0. The lowest BCUT2D eigenvalue weighted by Gasteiger charge is -1.69. The standard InChI is InChI=1S/C4H4S.C2H6S2/c1-2-4-5-3-1;1-3-4-2/h1-4H;1-2H3. The van der Waals surface area contributed by atoms with Crippen LogP contribution in [-0.2, 0) is 0 Å². The molecule has 0 aliphatic heterocycles. The fourth-order valence-electron chi connectivity index (χ4n) is 0.227. The van der Waals surface area contributed by atoms with E-state index in [-0.39, 0.29) is 0 Å². The van der Waals surface area contributed by atoms with Crippen molar-refractivity contribution in [3.8, 4) is 0 Å². The fraction of sp³-hybridized carbons (Fsp3) is 0.333. The van der Waals surface area contributed by atoms with Crippen molar-refractivity contribution in [2.24, 2.45) is 0 Å². The van der Waals surface area contributed by atoms with Crippen molar-refractivity contribution in [2.45, 2.75) is 0 Å². The summed E-state index contributed by atoms with van der Waals surface area (Å²) >= 11 is 1.71. The Morgan fingerprint density at radius 1 is 1.00 bits per heavy atom. The van der Waals surface area contributed by atoms with Gasteiger partial charge in [-0.05, 0) is 23.3 Å². The number of hydrogen-bond donors (Lipinski definition) is 0. The molecule has 0 atom stereocenters. The van der Waals surface area contributed by atoms with Gasteiger partial charge in [-0.2, -0.15) is 11.3 Å². The van der Waals surface area contributed by atoms with Crippen LogP contribution in [0.5, 0.6) is 0 Å². The molecule has 1 aromatic heterocycles. The van der Waals surface area contributed by atoms with Gasteiger partial charge in [0.15, 0.2) is 0 Å². The van der Waals surface area contributed by atoms with Crippen LogP contribution in [0.1, 0.15) is 0 Å². The Bertz CT molecular complexity index is 83.8. The predicted molar refractivity (Wildman–Crippen MR) is 51.3 cm³/mol. The SMILES string of the molecule is CSSC.c1ccsc1. The molecule has 0 amide bonds. The van der Waals surface area contributed by atoms with Crippen molar-refractivity contribution in [1.29, 1.82) is 0 Å². The van der Waals surface area contributed by atoms with Gasteiger partial charge >= 0.3 is 0 Å². The van der Waals surface area contributed by atoms with E-state index < -0.39 is 0 Å². The quantitative estimate of drug-likeness (QED) is 0.605. The lowest BCUT2D eigenvalue weighted by atomic mass is 10.7. The molecule has 3 heteroatoms. The van der Waals surface area contributed by atoms with E-state index in [4.69, 9.17) is 0 Å². The zero-order valence-electron chi connectivity index (χ0n) is 5.53. The third-order valence-electron chi connectivity index (χ3n) is 0.592. The van der Waals surface area contributed by atoms with E-state index in [1.807, 2.05) is 22.9 Å².